The number of nitrogens with two attached hydrogens (primary N) is 1. The molecule has 3 rings (SSSR count). The zero-order chi connectivity index (χ0) is 16.9. The van der Waals surface area contributed by atoms with Gasteiger partial charge >= 0.3 is 0 Å². The molecule has 1 fully saturated rings. The van der Waals surface area contributed by atoms with Crippen molar-refractivity contribution >= 4 is 5.91 Å². The van der Waals surface area contributed by atoms with Crippen LogP contribution in [0.25, 0.3) is 5.69 Å². The number of nitrogens with one attached hydrogen (secondary N) is 1. The Labute approximate surface area is 141 Å². The van der Waals surface area contributed by atoms with Crippen molar-refractivity contribution in [1.29, 1.82) is 0 Å². The fourth-order valence-electron chi connectivity index (χ4n) is 3.09. The van der Waals surface area contributed by atoms with Crippen LogP contribution in [0, 0.1) is 5.92 Å². The van der Waals surface area contributed by atoms with Crippen molar-refractivity contribution in [3.8, 4) is 5.69 Å². The Morgan fingerprint density at radius 1 is 1.33 bits per heavy atom. The number of aliphatic hydroxyl groups excluding tert-OH is 1. The average Bonchev–Trinajstić information content (AvgIpc) is 3.07. The van der Waals surface area contributed by atoms with E-state index in [2.05, 4.69) is 10.4 Å². The van der Waals surface area contributed by atoms with Crippen LogP contribution in [0.2, 0.25) is 0 Å². The molecule has 1 amide bonds. The Balaban J connectivity index is 1.47. The minimum Gasteiger partial charge on any atom is -0.391 e. The molecule has 1 heterocycles. The molecule has 0 spiro atoms. The molecular formula is C18H24N4O2. The van der Waals surface area contributed by atoms with Gasteiger partial charge < -0.3 is 16.2 Å². The molecule has 1 aliphatic rings. The first-order valence-electron chi connectivity index (χ1n) is 8.44. The first-order valence-corrected chi connectivity index (χ1v) is 8.44. The minimum absolute atomic E-state index is 0.0106. The molecule has 1 aliphatic carbocycles. The smallest absolute Gasteiger partial charge is 0.223 e. The topological polar surface area (TPSA) is 93.2 Å². The number of amides is 1. The maximum absolute atomic E-state index is 12.2. The van der Waals surface area contributed by atoms with Gasteiger partial charge in [-0.15, -0.1) is 0 Å². The van der Waals surface area contributed by atoms with E-state index in [-0.39, 0.29) is 17.9 Å². The first-order chi connectivity index (χ1) is 11.6. The number of hydrogen-bond donors (Lipinski definition) is 3. The fraction of sp³-hybridized carbons (Fsp3) is 0.444. The number of aromatic nitrogens is 2. The molecule has 0 radical (unpaired) electrons. The predicted molar refractivity (Wildman–Crippen MR) is 91.6 cm³/mol. The summed E-state index contributed by atoms with van der Waals surface area (Å²) in [5, 5.41) is 17.1. The molecule has 2 aromatic rings. The van der Waals surface area contributed by atoms with Crippen LogP contribution < -0.4 is 11.1 Å². The molecule has 0 bridgehead atoms. The lowest BCUT2D eigenvalue weighted by atomic mass is 9.84. The van der Waals surface area contributed by atoms with Crippen molar-refractivity contribution < 1.29 is 9.90 Å². The SMILES string of the molecule is N[C@@H]1CC[C@H](C(=O)NCCc2cnn(-c3ccccc3)c2)C[C@H]1O. The van der Waals surface area contributed by atoms with E-state index in [1.165, 1.54) is 0 Å². The summed E-state index contributed by atoms with van der Waals surface area (Å²) in [7, 11) is 0. The zero-order valence-corrected chi connectivity index (χ0v) is 13.6. The third-order valence-electron chi connectivity index (χ3n) is 4.61. The summed E-state index contributed by atoms with van der Waals surface area (Å²) in [5.41, 5.74) is 7.86. The Morgan fingerprint density at radius 3 is 2.88 bits per heavy atom. The maximum Gasteiger partial charge on any atom is 0.223 e. The number of benzene rings is 1. The molecule has 0 saturated heterocycles. The first kappa shape index (κ1) is 16.7. The maximum atomic E-state index is 12.2. The van der Waals surface area contributed by atoms with E-state index in [0.717, 1.165) is 24.1 Å². The van der Waals surface area contributed by atoms with Crippen LogP contribution in [0.4, 0.5) is 0 Å². The van der Waals surface area contributed by atoms with E-state index in [9.17, 15) is 9.90 Å². The van der Waals surface area contributed by atoms with E-state index < -0.39 is 6.10 Å². The van der Waals surface area contributed by atoms with Crippen LogP contribution in [-0.2, 0) is 11.2 Å². The summed E-state index contributed by atoms with van der Waals surface area (Å²) in [4.78, 5) is 12.2. The van der Waals surface area contributed by atoms with Crippen LogP contribution in [-0.4, -0.2) is 39.5 Å². The van der Waals surface area contributed by atoms with Crippen LogP contribution in [0.1, 0.15) is 24.8 Å². The Morgan fingerprint density at radius 2 is 2.12 bits per heavy atom. The number of carbonyl (C=O) groups excluding carboxylic acids is 1. The van der Waals surface area contributed by atoms with Gasteiger partial charge in [0, 0.05) is 24.7 Å². The lowest BCUT2D eigenvalue weighted by molar-refractivity contribution is -0.127. The van der Waals surface area contributed by atoms with Crippen molar-refractivity contribution in [2.24, 2.45) is 11.7 Å². The van der Waals surface area contributed by atoms with E-state index in [0.29, 0.717) is 19.4 Å². The van der Waals surface area contributed by atoms with E-state index in [4.69, 9.17) is 5.73 Å². The number of carbonyl (C=O) groups is 1. The Kier molecular flexibility index (Phi) is 5.27. The van der Waals surface area contributed by atoms with Crippen molar-refractivity contribution in [3.63, 3.8) is 0 Å². The normalized spacial score (nSPS) is 23.8. The van der Waals surface area contributed by atoms with Gasteiger partial charge in [-0.2, -0.15) is 5.10 Å². The second-order valence-corrected chi connectivity index (χ2v) is 6.41. The van der Waals surface area contributed by atoms with Gasteiger partial charge in [0.05, 0.1) is 18.0 Å². The van der Waals surface area contributed by atoms with Crippen LogP contribution >= 0.6 is 0 Å². The summed E-state index contributed by atoms with van der Waals surface area (Å²) in [6, 6.07) is 9.72. The predicted octanol–water partition coefficient (Wildman–Crippen LogP) is 1.02. The Bertz CT molecular complexity index is 671. The van der Waals surface area contributed by atoms with E-state index >= 15 is 0 Å². The third kappa shape index (κ3) is 4.01. The van der Waals surface area contributed by atoms with Crippen LogP contribution in [0.5, 0.6) is 0 Å². The third-order valence-corrected chi connectivity index (χ3v) is 4.61. The second-order valence-electron chi connectivity index (χ2n) is 6.41. The highest BCUT2D eigenvalue weighted by molar-refractivity contribution is 5.78. The highest BCUT2D eigenvalue weighted by Gasteiger charge is 2.30. The van der Waals surface area contributed by atoms with Crippen LogP contribution in [0.3, 0.4) is 0 Å². The van der Waals surface area contributed by atoms with Crippen molar-refractivity contribution in [3.05, 3.63) is 48.3 Å². The molecule has 6 nitrogen and oxygen atoms in total. The average molecular weight is 328 g/mol. The lowest BCUT2D eigenvalue weighted by Crippen LogP contribution is -2.44. The van der Waals surface area contributed by atoms with Gasteiger partial charge in [-0.1, -0.05) is 18.2 Å². The molecule has 24 heavy (non-hydrogen) atoms. The number of nitrogens with zero attached hydrogens (tertiary/aromatic N) is 2. The molecule has 3 atom stereocenters. The molecule has 1 aromatic carbocycles. The largest absolute Gasteiger partial charge is 0.391 e. The van der Waals surface area contributed by atoms with Gasteiger partial charge in [0.2, 0.25) is 5.91 Å². The summed E-state index contributed by atoms with van der Waals surface area (Å²) < 4.78 is 1.83. The van der Waals surface area contributed by atoms with E-state index in [1.54, 1.807) is 0 Å². The number of para-hydroxylation sites is 1. The second kappa shape index (κ2) is 7.59. The Hall–Kier alpha value is -2.18. The van der Waals surface area contributed by atoms with Gasteiger partial charge in [0.15, 0.2) is 0 Å². The lowest BCUT2D eigenvalue weighted by Gasteiger charge is -2.29. The van der Waals surface area contributed by atoms with Gasteiger partial charge in [-0.25, -0.2) is 4.68 Å². The number of hydrogen-bond acceptors (Lipinski definition) is 4. The van der Waals surface area contributed by atoms with Gasteiger partial charge in [0.1, 0.15) is 0 Å². The minimum atomic E-state index is -0.571. The standard InChI is InChI=1S/C18H24N4O2/c19-16-7-6-14(10-17(16)23)18(24)20-9-8-13-11-21-22(12-13)15-4-2-1-3-5-15/h1-5,11-12,14,16-17,23H,6-10,19H2,(H,20,24)/t14-,16+,17+/m0/s1. The molecule has 4 N–H and O–H groups in total. The monoisotopic (exact) mass is 328 g/mol. The van der Waals surface area contributed by atoms with Gasteiger partial charge in [-0.05, 0) is 43.4 Å². The van der Waals surface area contributed by atoms with Crippen molar-refractivity contribution in [2.75, 3.05) is 6.54 Å². The van der Waals surface area contributed by atoms with Gasteiger partial charge in [0.25, 0.3) is 0 Å². The van der Waals surface area contributed by atoms with Crippen molar-refractivity contribution in [1.82, 2.24) is 15.1 Å². The molecule has 0 unspecified atom stereocenters. The highest BCUT2D eigenvalue weighted by atomic mass is 16.3. The van der Waals surface area contributed by atoms with E-state index in [1.807, 2.05) is 47.4 Å². The molecular weight excluding hydrogens is 304 g/mol. The molecule has 1 saturated carbocycles. The zero-order valence-electron chi connectivity index (χ0n) is 13.6. The molecule has 128 valence electrons. The quantitative estimate of drug-likeness (QED) is 0.764. The summed E-state index contributed by atoms with van der Waals surface area (Å²) >= 11 is 0. The molecule has 0 aliphatic heterocycles. The van der Waals surface area contributed by atoms with Gasteiger partial charge in [-0.3, -0.25) is 4.79 Å². The molecule has 6 heteroatoms. The van der Waals surface area contributed by atoms with Crippen molar-refractivity contribution in [2.45, 2.75) is 37.8 Å². The summed E-state index contributed by atoms with van der Waals surface area (Å²) in [6.45, 7) is 0.567. The fourth-order valence-corrected chi connectivity index (χ4v) is 3.09. The molecule has 1 aromatic heterocycles. The number of aliphatic hydroxyl groups is 1. The highest BCUT2D eigenvalue weighted by Crippen LogP contribution is 2.23. The summed E-state index contributed by atoms with van der Waals surface area (Å²) in [5.74, 6) is -0.122. The summed E-state index contributed by atoms with van der Waals surface area (Å²) in [6.07, 6.45) is 5.86. The van der Waals surface area contributed by atoms with Crippen LogP contribution in [0.15, 0.2) is 42.7 Å². The number of rotatable bonds is 5.